The summed E-state index contributed by atoms with van der Waals surface area (Å²) in [6, 6.07) is 0. The molecule has 12 heavy (non-hydrogen) atoms. The summed E-state index contributed by atoms with van der Waals surface area (Å²) in [5.41, 5.74) is 6.12. The summed E-state index contributed by atoms with van der Waals surface area (Å²) < 4.78 is 5.29. The van der Waals surface area contributed by atoms with Crippen LogP contribution in [0.5, 0.6) is 0 Å². The molecule has 2 nitrogen and oxygen atoms in total. The Hall–Kier alpha value is 0.270. The van der Waals surface area contributed by atoms with Crippen LogP contribution in [0.3, 0.4) is 0 Å². The topological polar surface area (TPSA) is 35.2 Å². The lowest BCUT2D eigenvalue weighted by molar-refractivity contribution is 0.175. The van der Waals surface area contributed by atoms with Gasteiger partial charge < -0.3 is 10.5 Å². The van der Waals surface area contributed by atoms with Gasteiger partial charge in [0.05, 0.1) is 6.61 Å². The molecule has 72 valence electrons. The van der Waals surface area contributed by atoms with Crippen molar-refractivity contribution in [2.45, 2.75) is 31.7 Å². The first kappa shape index (κ1) is 10.4. The molecule has 0 spiro atoms. The van der Waals surface area contributed by atoms with Gasteiger partial charge in [0.15, 0.2) is 0 Å². The van der Waals surface area contributed by atoms with E-state index in [1.165, 1.54) is 17.9 Å². The minimum absolute atomic E-state index is 0.00824. The Morgan fingerprint density at radius 3 is 3.00 bits per heavy atom. The lowest BCUT2D eigenvalue weighted by Crippen LogP contribution is -2.40. The van der Waals surface area contributed by atoms with Crippen molar-refractivity contribution < 1.29 is 4.74 Å². The summed E-state index contributed by atoms with van der Waals surface area (Å²) in [7, 11) is 0. The van der Waals surface area contributed by atoms with E-state index in [1.807, 2.05) is 11.8 Å². The van der Waals surface area contributed by atoms with Crippen LogP contribution in [-0.4, -0.2) is 30.3 Å². The molecule has 1 fully saturated rings. The molecule has 1 unspecified atom stereocenters. The fraction of sp³-hybridized carbons (Fsp3) is 1.00. The zero-order valence-corrected chi connectivity index (χ0v) is 8.66. The molecular weight excluding hydrogens is 170 g/mol. The first-order valence-corrected chi connectivity index (χ1v) is 5.87. The van der Waals surface area contributed by atoms with E-state index in [2.05, 4.69) is 6.92 Å². The van der Waals surface area contributed by atoms with Crippen molar-refractivity contribution in [3.05, 3.63) is 0 Å². The number of rotatable bonds is 5. The Kier molecular flexibility index (Phi) is 4.40. The lowest BCUT2D eigenvalue weighted by Gasteiger charge is -2.20. The van der Waals surface area contributed by atoms with Crippen LogP contribution in [0.2, 0.25) is 0 Å². The smallest absolute Gasteiger partial charge is 0.0647 e. The molecule has 0 amide bonds. The van der Waals surface area contributed by atoms with Crippen LogP contribution in [0.15, 0.2) is 0 Å². The van der Waals surface area contributed by atoms with Gasteiger partial charge in [0, 0.05) is 12.1 Å². The van der Waals surface area contributed by atoms with Crippen molar-refractivity contribution in [1.82, 2.24) is 0 Å². The molecule has 0 aromatic carbocycles. The van der Waals surface area contributed by atoms with Gasteiger partial charge in [-0.3, -0.25) is 0 Å². The highest BCUT2D eigenvalue weighted by atomic mass is 32.2. The number of hydrogen-bond acceptors (Lipinski definition) is 3. The van der Waals surface area contributed by atoms with Crippen LogP contribution in [-0.2, 0) is 4.74 Å². The number of ether oxygens (including phenoxy) is 1. The van der Waals surface area contributed by atoms with Crippen molar-refractivity contribution >= 4 is 11.8 Å². The van der Waals surface area contributed by atoms with Gasteiger partial charge >= 0.3 is 0 Å². The molecule has 2 N–H and O–H groups in total. The second-order valence-electron chi connectivity index (χ2n) is 3.47. The third kappa shape index (κ3) is 3.33. The average Bonchev–Trinajstić information content (AvgIpc) is 2.47. The molecule has 0 aromatic rings. The molecule has 3 heteroatoms. The van der Waals surface area contributed by atoms with Gasteiger partial charge in [-0.15, -0.1) is 0 Å². The fourth-order valence-electron chi connectivity index (χ4n) is 1.49. The number of hydrogen-bond donors (Lipinski definition) is 1. The average molecular weight is 189 g/mol. The van der Waals surface area contributed by atoms with E-state index in [0.29, 0.717) is 0 Å². The molecule has 1 rings (SSSR count). The Balaban J connectivity index is 2.05. The highest BCUT2D eigenvalue weighted by molar-refractivity contribution is 7.99. The third-order valence-corrected chi connectivity index (χ3v) is 3.29. The molecule has 0 saturated carbocycles. The van der Waals surface area contributed by atoms with Gasteiger partial charge in [-0.1, -0.05) is 6.92 Å². The molecule has 0 aromatic heterocycles. The first-order chi connectivity index (χ1) is 5.77. The van der Waals surface area contributed by atoms with Crippen LogP contribution in [0, 0.1) is 0 Å². The summed E-state index contributed by atoms with van der Waals surface area (Å²) in [6.45, 7) is 3.82. The minimum atomic E-state index is 0.00824. The highest BCUT2D eigenvalue weighted by Crippen LogP contribution is 2.21. The van der Waals surface area contributed by atoms with Crippen molar-refractivity contribution in [1.29, 1.82) is 0 Å². The summed E-state index contributed by atoms with van der Waals surface area (Å²) in [6.07, 6.45) is 3.40. The Bertz CT molecular complexity index is 124. The van der Waals surface area contributed by atoms with E-state index in [1.54, 1.807) is 0 Å². The van der Waals surface area contributed by atoms with Gasteiger partial charge in [0.25, 0.3) is 0 Å². The van der Waals surface area contributed by atoms with Gasteiger partial charge in [0.1, 0.15) is 0 Å². The van der Waals surface area contributed by atoms with E-state index in [0.717, 1.165) is 26.1 Å². The van der Waals surface area contributed by atoms with Crippen LogP contribution < -0.4 is 5.73 Å². The van der Waals surface area contributed by atoms with Crippen LogP contribution in [0.1, 0.15) is 26.2 Å². The minimum Gasteiger partial charge on any atom is -0.379 e. The van der Waals surface area contributed by atoms with E-state index in [4.69, 9.17) is 10.5 Å². The standard InChI is InChI=1S/C9H19NOS/c1-2-12-7-3-4-9(10)5-6-11-8-9/h2-8,10H2,1H3. The molecule has 1 heterocycles. The van der Waals surface area contributed by atoms with E-state index in [-0.39, 0.29) is 5.54 Å². The van der Waals surface area contributed by atoms with Crippen molar-refractivity contribution in [2.24, 2.45) is 5.73 Å². The molecular formula is C9H19NOS. The Morgan fingerprint density at radius 2 is 2.42 bits per heavy atom. The Labute approximate surface area is 79.2 Å². The van der Waals surface area contributed by atoms with Crippen molar-refractivity contribution in [3.63, 3.8) is 0 Å². The van der Waals surface area contributed by atoms with Crippen LogP contribution in [0.25, 0.3) is 0 Å². The van der Waals surface area contributed by atoms with Gasteiger partial charge in [0.2, 0.25) is 0 Å². The van der Waals surface area contributed by atoms with E-state index in [9.17, 15) is 0 Å². The zero-order chi connectivity index (χ0) is 8.86. The highest BCUT2D eigenvalue weighted by Gasteiger charge is 2.29. The van der Waals surface area contributed by atoms with Crippen LogP contribution >= 0.6 is 11.8 Å². The predicted molar refractivity (Wildman–Crippen MR) is 54.6 cm³/mol. The maximum atomic E-state index is 6.11. The van der Waals surface area contributed by atoms with Crippen LogP contribution in [0.4, 0.5) is 0 Å². The maximum Gasteiger partial charge on any atom is 0.0647 e. The quantitative estimate of drug-likeness (QED) is 0.668. The molecule has 1 aliphatic heterocycles. The summed E-state index contributed by atoms with van der Waals surface area (Å²) >= 11 is 1.99. The lowest BCUT2D eigenvalue weighted by atomic mass is 9.95. The summed E-state index contributed by atoms with van der Waals surface area (Å²) in [5, 5.41) is 0. The third-order valence-electron chi connectivity index (χ3n) is 2.30. The summed E-state index contributed by atoms with van der Waals surface area (Å²) in [4.78, 5) is 0. The SMILES string of the molecule is CCSCCCC1(N)CCOC1. The molecule has 0 bridgehead atoms. The second kappa shape index (κ2) is 5.10. The van der Waals surface area contributed by atoms with Gasteiger partial charge in [-0.25, -0.2) is 0 Å². The van der Waals surface area contributed by atoms with Gasteiger partial charge in [-0.2, -0.15) is 11.8 Å². The van der Waals surface area contributed by atoms with E-state index < -0.39 is 0 Å². The normalized spacial score (nSPS) is 29.5. The Morgan fingerprint density at radius 1 is 1.58 bits per heavy atom. The molecule has 0 radical (unpaired) electrons. The number of nitrogens with two attached hydrogens (primary N) is 1. The monoisotopic (exact) mass is 189 g/mol. The number of thioether (sulfide) groups is 1. The zero-order valence-electron chi connectivity index (χ0n) is 7.84. The predicted octanol–water partition coefficient (Wildman–Crippen LogP) is 1.64. The second-order valence-corrected chi connectivity index (χ2v) is 4.86. The van der Waals surface area contributed by atoms with E-state index >= 15 is 0 Å². The fourth-order valence-corrected chi connectivity index (χ4v) is 2.13. The first-order valence-electron chi connectivity index (χ1n) is 4.71. The molecule has 0 aliphatic carbocycles. The molecule has 1 saturated heterocycles. The largest absolute Gasteiger partial charge is 0.379 e. The van der Waals surface area contributed by atoms with Crippen molar-refractivity contribution in [2.75, 3.05) is 24.7 Å². The summed E-state index contributed by atoms with van der Waals surface area (Å²) in [5.74, 6) is 2.46. The molecule has 1 aliphatic rings. The maximum absolute atomic E-state index is 6.11. The van der Waals surface area contributed by atoms with Gasteiger partial charge in [-0.05, 0) is 30.8 Å². The van der Waals surface area contributed by atoms with Crippen molar-refractivity contribution in [3.8, 4) is 0 Å². The molecule has 1 atom stereocenters.